The first-order valence-corrected chi connectivity index (χ1v) is 27.5. The van der Waals surface area contributed by atoms with Crippen LogP contribution in [0.1, 0.15) is 116 Å². The summed E-state index contributed by atoms with van der Waals surface area (Å²) in [4.78, 5) is 2.86. The van der Waals surface area contributed by atoms with Gasteiger partial charge in [-0.2, -0.15) is 0 Å². The molecule has 0 spiro atoms. The van der Waals surface area contributed by atoms with Crippen molar-refractivity contribution in [1.29, 1.82) is 0 Å². The number of hydrogen-bond donors (Lipinski definition) is 2. The number of ether oxygens (including phenoxy) is 2. The molecule has 0 saturated heterocycles. The standard InChI is InChI=1S/C56H66N2O6S4/c1-53(2,3)37-25-41-49(57-33-35-21-17-15-18-22-35)42(26-37)66(60)46-30-40(56(10,11)12)32-48(52(46)64-14)68(62)44-28-38(54(4,5)6)27-43(50(44)58-34-36-23-19-16-20-24-36)67(61)47-31-39(55(7,8)9)29-45(65(41)59)51(47)63-13/h15-32,57-58H,33-34H2,1-14H3. The Balaban J connectivity index is 1.70. The molecule has 7 rings (SSSR count). The monoisotopic (exact) mass is 990 g/mol. The van der Waals surface area contributed by atoms with Gasteiger partial charge in [0.1, 0.15) is 0 Å². The second-order valence-corrected chi connectivity index (χ2v) is 27.1. The van der Waals surface area contributed by atoms with Crippen LogP contribution in [0.3, 0.4) is 0 Å². The summed E-state index contributed by atoms with van der Waals surface area (Å²) in [5, 5.41) is 7.21. The molecule has 8 bridgehead atoms. The SMILES string of the molecule is COc1c2cc(C(C)(C)C)cc1S(=O)c1cc(C(C)(C)C)cc(c1NCc1ccccc1)S(=O)c1cc(C(C)(C)C)cc(c1OC)S(=O)c1cc(C(C)(C)C)cc(c1NCc1ccccc1)S2=O. The molecular formula is C56H66N2O6S4. The minimum absolute atomic E-state index is 0.208. The predicted octanol–water partition coefficient (Wildman–Crippen LogP) is 13.1. The van der Waals surface area contributed by atoms with Crippen LogP contribution in [-0.2, 0) is 77.9 Å². The lowest BCUT2D eigenvalue weighted by molar-refractivity contribution is 0.391. The first kappa shape index (κ1) is 51.0. The summed E-state index contributed by atoms with van der Waals surface area (Å²) >= 11 is 0. The molecule has 0 aliphatic carbocycles. The summed E-state index contributed by atoms with van der Waals surface area (Å²) in [5.41, 5.74) is 4.03. The van der Waals surface area contributed by atoms with Gasteiger partial charge in [0, 0.05) is 13.1 Å². The molecule has 0 radical (unpaired) electrons. The summed E-state index contributed by atoms with van der Waals surface area (Å²) in [6, 6.07) is 35.0. The van der Waals surface area contributed by atoms with Gasteiger partial charge in [-0.15, -0.1) is 0 Å². The van der Waals surface area contributed by atoms with E-state index in [0.717, 1.165) is 33.4 Å². The maximum Gasteiger partial charge on any atom is 0.151 e. The number of hydrogen-bond acceptors (Lipinski definition) is 8. The van der Waals surface area contributed by atoms with E-state index in [1.165, 1.54) is 14.2 Å². The number of benzene rings is 6. The van der Waals surface area contributed by atoms with Crippen molar-refractivity contribution in [3.8, 4) is 11.5 Å². The average molecular weight is 991 g/mol. The van der Waals surface area contributed by atoms with Crippen LogP contribution in [-0.4, -0.2) is 31.1 Å². The summed E-state index contributed by atoms with van der Waals surface area (Å²) in [7, 11) is -5.03. The zero-order valence-corrected chi connectivity index (χ0v) is 45.2. The van der Waals surface area contributed by atoms with E-state index in [9.17, 15) is 0 Å². The number of methoxy groups -OCH3 is 2. The molecule has 6 aromatic rings. The highest BCUT2D eigenvalue weighted by molar-refractivity contribution is 7.87. The summed E-state index contributed by atoms with van der Waals surface area (Å²) in [5.74, 6) is 0.415. The van der Waals surface area contributed by atoms with Gasteiger partial charge in [0.25, 0.3) is 0 Å². The van der Waals surface area contributed by atoms with E-state index in [2.05, 4.69) is 93.7 Å². The predicted molar refractivity (Wildman–Crippen MR) is 280 cm³/mol. The van der Waals surface area contributed by atoms with Gasteiger partial charge in [0.2, 0.25) is 0 Å². The van der Waals surface area contributed by atoms with Crippen molar-refractivity contribution < 1.29 is 26.3 Å². The van der Waals surface area contributed by atoms with Gasteiger partial charge in [-0.1, -0.05) is 144 Å². The van der Waals surface area contributed by atoms with E-state index < -0.39 is 64.9 Å². The summed E-state index contributed by atoms with van der Waals surface area (Å²) in [6.07, 6.45) is 0. The van der Waals surface area contributed by atoms with Crippen molar-refractivity contribution in [2.24, 2.45) is 0 Å². The third-order valence-electron chi connectivity index (χ3n) is 12.3. The molecule has 0 saturated carbocycles. The maximum absolute atomic E-state index is 16.1. The fourth-order valence-electron chi connectivity index (χ4n) is 8.00. The van der Waals surface area contributed by atoms with Crippen LogP contribution in [0.5, 0.6) is 11.5 Å². The Morgan fingerprint density at radius 1 is 0.368 bits per heavy atom. The van der Waals surface area contributed by atoms with E-state index in [4.69, 9.17) is 9.47 Å². The Labute approximate surface area is 414 Å². The molecule has 4 unspecified atom stereocenters. The van der Waals surface area contributed by atoms with Gasteiger partial charge in [-0.25, -0.2) is 16.8 Å². The fraction of sp³-hybridized carbons (Fsp3) is 0.357. The smallest absolute Gasteiger partial charge is 0.151 e. The third kappa shape index (κ3) is 10.5. The van der Waals surface area contributed by atoms with Crippen LogP contribution in [0.4, 0.5) is 11.4 Å². The van der Waals surface area contributed by atoms with Crippen LogP contribution >= 0.6 is 0 Å². The van der Waals surface area contributed by atoms with Gasteiger partial charge < -0.3 is 20.1 Å². The molecule has 2 N–H and O–H groups in total. The van der Waals surface area contributed by atoms with Crippen molar-refractivity contribution in [2.75, 3.05) is 24.9 Å². The van der Waals surface area contributed by atoms with Gasteiger partial charge in [-0.05, 0) is 104 Å². The quantitative estimate of drug-likeness (QED) is 0.155. The van der Waals surface area contributed by atoms with Gasteiger partial charge in [-0.3, -0.25) is 0 Å². The van der Waals surface area contributed by atoms with Crippen molar-refractivity contribution in [3.63, 3.8) is 0 Å². The molecule has 1 heterocycles. The fourth-order valence-corrected chi connectivity index (χ4v) is 14.0. The molecule has 8 nitrogen and oxygen atoms in total. The number of fused-ring (bicyclic) bond motifs is 8. The van der Waals surface area contributed by atoms with E-state index in [1.54, 1.807) is 0 Å². The molecule has 0 amide bonds. The van der Waals surface area contributed by atoms with Crippen molar-refractivity contribution in [2.45, 2.75) is 157 Å². The second-order valence-electron chi connectivity index (χ2n) is 21.5. The molecule has 6 aromatic carbocycles. The lowest BCUT2D eigenvalue weighted by Crippen LogP contribution is -2.19. The van der Waals surface area contributed by atoms with Crippen molar-refractivity contribution in [3.05, 3.63) is 143 Å². The van der Waals surface area contributed by atoms with E-state index in [0.29, 0.717) is 63.6 Å². The van der Waals surface area contributed by atoms with E-state index >= 15 is 16.8 Å². The second kappa shape index (κ2) is 19.5. The maximum atomic E-state index is 16.1. The molecule has 1 aliphatic rings. The van der Waals surface area contributed by atoms with Crippen LogP contribution in [0.2, 0.25) is 0 Å². The minimum atomic E-state index is -2.01. The van der Waals surface area contributed by atoms with Gasteiger partial charge in [0.05, 0.1) is 108 Å². The Morgan fingerprint density at radius 2 is 0.588 bits per heavy atom. The Bertz CT molecular complexity index is 2660. The lowest BCUT2D eigenvalue weighted by Gasteiger charge is -2.28. The Hall–Kier alpha value is -4.88. The summed E-state index contributed by atoms with van der Waals surface area (Å²) < 4.78 is 76.9. The first-order valence-electron chi connectivity index (χ1n) is 22.9. The normalized spacial score (nSPS) is 17.6. The van der Waals surface area contributed by atoms with E-state index in [-0.39, 0.29) is 11.5 Å². The van der Waals surface area contributed by atoms with Gasteiger partial charge >= 0.3 is 0 Å². The molecule has 1 aliphatic heterocycles. The molecule has 0 fully saturated rings. The number of anilines is 2. The molecule has 0 aromatic heterocycles. The number of rotatable bonds is 8. The van der Waals surface area contributed by atoms with Crippen LogP contribution < -0.4 is 20.1 Å². The Kier molecular flexibility index (Phi) is 14.6. The molecular weight excluding hydrogens is 925 g/mol. The summed E-state index contributed by atoms with van der Waals surface area (Å²) in [6.45, 7) is 25.5. The van der Waals surface area contributed by atoms with Crippen molar-refractivity contribution in [1.82, 2.24) is 0 Å². The number of nitrogens with one attached hydrogen (secondary N) is 2. The zero-order valence-electron chi connectivity index (χ0n) is 41.9. The zero-order chi connectivity index (χ0) is 49.7. The molecule has 4 atom stereocenters. The van der Waals surface area contributed by atoms with Gasteiger partial charge in [0.15, 0.2) is 11.5 Å². The molecule has 12 heteroatoms. The first-order chi connectivity index (χ1) is 31.8. The highest BCUT2D eigenvalue weighted by Crippen LogP contribution is 2.48. The minimum Gasteiger partial charge on any atom is -0.494 e. The Morgan fingerprint density at radius 3 is 0.794 bits per heavy atom. The van der Waals surface area contributed by atoms with E-state index in [1.807, 2.05) is 109 Å². The molecule has 360 valence electrons. The van der Waals surface area contributed by atoms with Crippen LogP contribution in [0, 0.1) is 0 Å². The van der Waals surface area contributed by atoms with Crippen LogP contribution in [0.15, 0.2) is 148 Å². The third-order valence-corrected chi connectivity index (χ3v) is 18.0. The highest BCUT2D eigenvalue weighted by atomic mass is 32.2. The topological polar surface area (TPSA) is 111 Å². The highest BCUT2D eigenvalue weighted by Gasteiger charge is 2.35. The van der Waals surface area contributed by atoms with Crippen molar-refractivity contribution >= 4 is 54.6 Å². The molecule has 68 heavy (non-hydrogen) atoms. The lowest BCUT2D eigenvalue weighted by atomic mass is 9.87. The van der Waals surface area contributed by atoms with Crippen LogP contribution in [0.25, 0.3) is 0 Å². The largest absolute Gasteiger partial charge is 0.494 e. The average Bonchev–Trinajstić information content (AvgIpc) is 3.29.